The molecule has 344 valence electrons. The zero-order valence-electron chi connectivity index (χ0n) is 42.1. The lowest BCUT2D eigenvalue weighted by molar-refractivity contribution is 0.279. The summed E-state index contributed by atoms with van der Waals surface area (Å²) in [5.41, 5.74) is 16.6. The smallest absolute Gasteiger partial charge is 0.137 e. The number of aromatic nitrogens is 2. The molecule has 9 aromatic rings. The zero-order chi connectivity index (χ0) is 48.2. The normalized spacial score (nSPS) is 17.4. The Morgan fingerprint density at radius 3 is 1.87 bits per heavy atom. The highest BCUT2D eigenvalue weighted by atomic mass is 15.3. The number of hydrogen-bond acceptors (Lipinski definition) is 4. The van der Waals surface area contributed by atoms with Gasteiger partial charge in [-0.05, 0) is 146 Å². The van der Waals surface area contributed by atoms with Crippen molar-refractivity contribution in [2.24, 2.45) is 4.99 Å². The van der Waals surface area contributed by atoms with Gasteiger partial charge >= 0.3 is 0 Å². The number of nitrogens with zero attached hydrogens (tertiary/aromatic N) is 5. The molecule has 0 N–H and O–H groups in total. The third-order valence-electron chi connectivity index (χ3n) is 15.8. The van der Waals surface area contributed by atoms with Crippen molar-refractivity contribution in [3.63, 3.8) is 0 Å². The molecule has 5 heteroatoms. The number of pyridine rings is 1. The van der Waals surface area contributed by atoms with E-state index in [0.717, 1.165) is 39.6 Å². The van der Waals surface area contributed by atoms with Crippen molar-refractivity contribution >= 4 is 50.4 Å². The molecule has 0 fully saturated rings. The Bertz CT molecular complexity index is 3440. The van der Waals surface area contributed by atoms with Gasteiger partial charge in [0.1, 0.15) is 11.7 Å². The van der Waals surface area contributed by atoms with Crippen molar-refractivity contribution in [3.8, 4) is 5.82 Å². The van der Waals surface area contributed by atoms with Crippen LogP contribution in [0.4, 0.5) is 22.7 Å². The molecule has 0 unspecified atom stereocenters. The summed E-state index contributed by atoms with van der Waals surface area (Å²) in [5, 5.41) is 2.44. The van der Waals surface area contributed by atoms with Gasteiger partial charge in [-0.2, -0.15) is 0 Å². The van der Waals surface area contributed by atoms with Gasteiger partial charge in [0.25, 0.3) is 0 Å². The van der Waals surface area contributed by atoms with Crippen LogP contribution in [0.2, 0.25) is 0 Å². The maximum atomic E-state index is 6.12. The van der Waals surface area contributed by atoms with Gasteiger partial charge in [-0.15, -0.1) is 0 Å². The van der Waals surface area contributed by atoms with Crippen LogP contribution in [0.25, 0.3) is 27.6 Å². The minimum Gasteiger partial charge on any atom is -0.318 e. The Morgan fingerprint density at radius 1 is 0.551 bits per heavy atom. The Balaban J connectivity index is 1.17. The third-order valence-corrected chi connectivity index (χ3v) is 15.8. The Labute approximate surface area is 408 Å². The number of benzene rings is 7. The number of rotatable bonds is 7. The molecule has 0 radical (unpaired) electrons. The number of fused-ring (bicyclic) bond motifs is 5. The predicted octanol–water partition coefficient (Wildman–Crippen LogP) is 16.1. The van der Waals surface area contributed by atoms with Crippen molar-refractivity contribution in [3.05, 3.63) is 226 Å². The maximum Gasteiger partial charge on any atom is 0.137 e. The van der Waals surface area contributed by atoms with Crippen molar-refractivity contribution in [2.45, 2.75) is 104 Å². The van der Waals surface area contributed by atoms with Crippen LogP contribution in [0.15, 0.2) is 181 Å². The van der Waals surface area contributed by atoms with Gasteiger partial charge in [-0.1, -0.05) is 150 Å². The second kappa shape index (κ2) is 15.9. The molecule has 7 aromatic carbocycles. The molecule has 0 saturated heterocycles. The van der Waals surface area contributed by atoms with E-state index in [-0.39, 0.29) is 16.7 Å². The molecule has 4 heterocycles. The van der Waals surface area contributed by atoms with E-state index >= 15 is 0 Å². The second-order valence-electron chi connectivity index (χ2n) is 21.9. The summed E-state index contributed by atoms with van der Waals surface area (Å²) in [4.78, 5) is 16.3. The third kappa shape index (κ3) is 6.87. The largest absolute Gasteiger partial charge is 0.318 e. The molecule has 0 aliphatic carbocycles. The monoisotopic (exact) mass is 902 g/mol. The van der Waals surface area contributed by atoms with Crippen LogP contribution in [0.3, 0.4) is 0 Å². The molecule has 2 aliphatic heterocycles. The first kappa shape index (κ1) is 44.3. The number of para-hydroxylation sites is 3. The van der Waals surface area contributed by atoms with Gasteiger partial charge < -0.3 is 9.80 Å². The number of anilines is 4. The molecule has 2 aromatic heterocycles. The fourth-order valence-corrected chi connectivity index (χ4v) is 11.9. The fourth-order valence-electron chi connectivity index (χ4n) is 11.9. The van der Waals surface area contributed by atoms with Crippen molar-refractivity contribution < 1.29 is 0 Å². The lowest BCUT2D eigenvalue weighted by Gasteiger charge is -2.48. The second-order valence-corrected chi connectivity index (χ2v) is 21.9. The molecule has 69 heavy (non-hydrogen) atoms. The quantitative estimate of drug-likeness (QED) is 0.160. The predicted molar refractivity (Wildman–Crippen MR) is 291 cm³/mol. The Morgan fingerprint density at radius 2 is 1.19 bits per heavy atom. The van der Waals surface area contributed by atoms with Crippen LogP contribution in [0.5, 0.6) is 0 Å². The van der Waals surface area contributed by atoms with Crippen LogP contribution >= 0.6 is 0 Å². The van der Waals surface area contributed by atoms with Crippen molar-refractivity contribution in [1.29, 1.82) is 0 Å². The summed E-state index contributed by atoms with van der Waals surface area (Å²) in [6.07, 6.45) is 1.97. The van der Waals surface area contributed by atoms with E-state index in [0.29, 0.717) is 0 Å². The summed E-state index contributed by atoms with van der Waals surface area (Å²) >= 11 is 0. The van der Waals surface area contributed by atoms with Gasteiger partial charge in [-0.25, -0.2) is 4.98 Å². The topological polar surface area (TPSA) is 36.7 Å². The van der Waals surface area contributed by atoms with Crippen LogP contribution in [0, 0.1) is 20.8 Å². The van der Waals surface area contributed by atoms with Crippen molar-refractivity contribution in [1.82, 2.24) is 9.55 Å². The molecule has 0 bridgehead atoms. The van der Waals surface area contributed by atoms with Gasteiger partial charge in [0, 0.05) is 45.2 Å². The average Bonchev–Trinajstić information content (AvgIpc) is 3.76. The standard InChI is InChI=1S/C64H63N5/c1-41-35-46(60-66-64(11,63(9,10)69(60)59-42(2)23-22-24-43(59)3)58(44-25-14-12-15-26-44)45-27-16-13-17-28-45)37-48(36-41)67-54-32-21-19-30-51(54)62(7,8)52-39-50-49-29-18-20-31-53(49)68(55(50)40-56(52)67)57-38-47(33-34-65-57)61(4,5)6/h12-40,58H,1-11H3/t64-/m1/s1. The molecule has 2 aliphatic rings. The van der Waals surface area contributed by atoms with Crippen LogP contribution in [0.1, 0.15) is 111 Å². The molecule has 0 saturated carbocycles. The molecule has 0 amide bonds. The minimum absolute atomic E-state index is 0.0284. The van der Waals surface area contributed by atoms with Crippen LogP contribution in [-0.4, -0.2) is 26.5 Å². The van der Waals surface area contributed by atoms with E-state index in [1.807, 2.05) is 6.20 Å². The van der Waals surface area contributed by atoms with E-state index < -0.39 is 11.1 Å². The number of hydrogen-bond donors (Lipinski definition) is 0. The molecule has 1 atom stereocenters. The van der Waals surface area contributed by atoms with Crippen molar-refractivity contribution in [2.75, 3.05) is 9.80 Å². The summed E-state index contributed by atoms with van der Waals surface area (Å²) in [6.45, 7) is 25.5. The summed E-state index contributed by atoms with van der Waals surface area (Å²) < 4.78 is 2.38. The number of amidine groups is 1. The number of aliphatic imine (C=N–C) groups is 1. The molecule has 5 nitrogen and oxygen atoms in total. The molecule has 0 spiro atoms. The molecular formula is C64H63N5. The van der Waals surface area contributed by atoms with E-state index in [1.165, 1.54) is 66.7 Å². The van der Waals surface area contributed by atoms with Crippen LogP contribution < -0.4 is 9.80 Å². The lowest BCUT2D eigenvalue weighted by atomic mass is 9.67. The summed E-state index contributed by atoms with van der Waals surface area (Å²) in [7, 11) is 0. The minimum atomic E-state index is -0.602. The summed E-state index contributed by atoms with van der Waals surface area (Å²) in [6, 6.07) is 62.9. The van der Waals surface area contributed by atoms with Gasteiger partial charge in [-0.3, -0.25) is 9.56 Å². The Hall–Kier alpha value is -7.24. The van der Waals surface area contributed by atoms with E-state index in [9.17, 15) is 0 Å². The first-order valence-electron chi connectivity index (χ1n) is 24.6. The first-order valence-corrected chi connectivity index (χ1v) is 24.6. The summed E-state index contributed by atoms with van der Waals surface area (Å²) in [5.74, 6) is 1.88. The number of aryl methyl sites for hydroxylation is 3. The highest BCUT2D eigenvalue weighted by Crippen LogP contribution is 2.56. The van der Waals surface area contributed by atoms with E-state index in [1.54, 1.807) is 0 Å². The zero-order valence-corrected chi connectivity index (χ0v) is 42.1. The SMILES string of the molecule is Cc1cc(C2=N[C@](C)(C(c3ccccc3)c3ccccc3)C(C)(C)N2c2c(C)cccc2C)cc(N2c3ccccc3C(C)(C)c3cc4c5ccccc5n(-c5cc(C(C)(C)C)ccn5)c4cc32)c1. The highest BCUT2D eigenvalue weighted by molar-refractivity contribution is 6.15. The molecule has 11 rings (SSSR count). The maximum absolute atomic E-state index is 6.12. The molecular weight excluding hydrogens is 839 g/mol. The Kier molecular flexibility index (Phi) is 10.2. The van der Waals surface area contributed by atoms with Crippen LogP contribution in [-0.2, 0) is 10.8 Å². The van der Waals surface area contributed by atoms with E-state index in [4.69, 9.17) is 9.98 Å². The lowest BCUT2D eigenvalue weighted by Crippen LogP contribution is -2.57. The first-order chi connectivity index (χ1) is 33.0. The van der Waals surface area contributed by atoms with Gasteiger partial charge in [0.2, 0.25) is 0 Å². The van der Waals surface area contributed by atoms with E-state index in [2.05, 4.69) is 260 Å². The fraction of sp³-hybridized carbons (Fsp3) is 0.250. The van der Waals surface area contributed by atoms with Gasteiger partial charge in [0.05, 0.1) is 33.5 Å². The van der Waals surface area contributed by atoms with Gasteiger partial charge in [0.15, 0.2) is 0 Å². The highest BCUT2D eigenvalue weighted by Gasteiger charge is 2.57. The average molecular weight is 902 g/mol.